The first-order chi connectivity index (χ1) is 11.2. The van der Waals surface area contributed by atoms with Gasteiger partial charge in [-0.15, -0.1) is 0 Å². The van der Waals surface area contributed by atoms with Gasteiger partial charge in [-0.3, -0.25) is 0 Å². The normalized spacial score (nSPS) is 10.0. The van der Waals surface area contributed by atoms with Gasteiger partial charge in [-0.05, 0) is 42.8 Å². The Bertz CT molecular complexity index is 632. The van der Waals surface area contributed by atoms with Crippen LogP contribution in [0.3, 0.4) is 0 Å². The molecule has 0 bridgehead atoms. The van der Waals surface area contributed by atoms with Crippen LogP contribution in [0.2, 0.25) is 5.02 Å². The number of anilines is 1. The summed E-state index contributed by atoms with van der Waals surface area (Å²) in [6.07, 6.45) is 0.682. The highest BCUT2D eigenvalue weighted by molar-refractivity contribution is 6.32. The second-order valence-electron chi connectivity index (χ2n) is 4.74. The Hall–Kier alpha value is -2.40. The first-order valence-electron chi connectivity index (χ1n) is 7.25. The number of rotatable bonds is 7. The van der Waals surface area contributed by atoms with Gasteiger partial charge in [0.2, 0.25) is 0 Å². The molecule has 2 aromatic rings. The van der Waals surface area contributed by atoms with Gasteiger partial charge >= 0.3 is 6.03 Å². The average molecular weight is 335 g/mol. The molecule has 0 heterocycles. The van der Waals surface area contributed by atoms with Crippen molar-refractivity contribution in [3.63, 3.8) is 0 Å². The average Bonchev–Trinajstić information content (AvgIpc) is 2.57. The minimum Gasteiger partial charge on any atom is -0.497 e. The van der Waals surface area contributed by atoms with E-state index in [4.69, 9.17) is 21.1 Å². The Morgan fingerprint density at radius 3 is 2.57 bits per heavy atom. The van der Waals surface area contributed by atoms with E-state index >= 15 is 0 Å². The number of halogens is 1. The fourth-order valence-corrected chi connectivity index (χ4v) is 2.06. The molecule has 0 aromatic heterocycles. The lowest BCUT2D eigenvalue weighted by Crippen LogP contribution is -2.30. The summed E-state index contributed by atoms with van der Waals surface area (Å²) in [5, 5.41) is 6.09. The van der Waals surface area contributed by atoms with Crippen LogP contribution in [0.5, 0.6) is 11.5 Å². The van der Waals surface area contributed by atoms with Crippen molar-refractivity contribution >= 4 is 23.3 Å². The summed E-state index contributed by atoms with van der Waals surface area (Å²) in [4.78, 5) is 11.7. The second-order valence-corrected chi connectivity index (χ2v) is 5.15. The molecule has 0 saturated carbocycles. The van der Waals surface area contributed by atoms with Gasteiger partial charge in [0, 0.05) is 12.2 Å². The fraction of sp³-hybridized carbons (Fsp3) is 0.235. The molecule has 0 aliphatic carbocycles. The number of para-hydroxylation sites is 1. The van der Waals surface area contributed by atoms with Crippen LogP contribution in [-0.4, -0.2) is 26.3 Å². The third-order valence-electron chi connectivity index (χ3n) is 3.05. The van der Waals surface area contributed by atoms with E-state index in [0.29, 0.717) is 36.0 Å². The maximum Gasteiger partial charge on any atom is 0.319 e. The molecular weight excluding hydrogens is 316 g/mol. The van der Waals surface area contributed by atoms with Crippen LogP contribution < -0.4 is 20.1 Å². The number of nitrogens with one attached hydrogen (secondary N) is 2. The van der Waals surface area contributed by atoms with Crippen molar-refractivity contribution in [2.45, 2.75) is 6.42 Å². The summed E-state index contributed by atoms with van der Waals surface area (Å²) < 4.78 is 10.6. The number of urea groups is 1. The van der Waals surface area contributed by atoms with Crippen LogP contribution >= 0.6 is 11.6 Å². The van der Waals surface area contributed by atoms with E-state index in [9.17, 15) is 4.79 Å². The summed E-state index contributed by atoms with van der Waals surface area (Å²) >= 11 is 5.99. The zero-order valence-electron chi connectivity index (χ0n) is 12.8. The van der Waals surface area contributed by atoms with Crippen molar-refractivity contribution in [3.05, 3.63) is 53.6 Å². The maximum atomic E-state index is 11.7. The quantitative estimate of drug-likeness (QED) is 0.754. The summed E-state index contributed by atoms with van der Waals surface area (Å²) in [6, 6.07) is 14.2. The minimum atomic E-state index is -0.257. The van der Waals surface area contributed by atoms with Gasteiger partial charge in [-0.1, -0.05) is 23.7 Å². The Kier molecular flexibility index (Phi) is 6.56. The number of carbonyl (C=O) groups is 1. The molecule has 2 N–H and O–H groups in total. The van der Waals surface area contributed by atoms with Crippen molar-refractivity contribution in [2.75, 3.05) is 25.6 Å². The first kappa shape index (κ1) is 17.0. The molecule has 0 radical (unpaired) electrons. The van der Waals surface area contributed by atoms with E-state index in [1.54, 1.807) is 37.4 Å². The largest absolute Gasteiger partial charge is 0.497 e. The van der Waals surface area contributed by atoms with Crippen LogP contribution in [0.1, 0.15) is 6.42 Å². The standard InChI is InChI=1S/C17H19ClN2O3/c1-22-14-9-7-13(8-10-14)20-17(21)19-11-4-12-23-16-6-3-2-5-15(16)18/h2-3,5-10H,4,11-12H2,1H3,(H2,19,20,21). The number of hydrogen-bond acceptors (Lipinski definition) is 3. The van der Waals surface area contributed by atoms with Crippen LogP contribution in [0, 0.1) is 0 Å². The number of carbonyl (C=O) groups excluding carboxylic acids is 1. The minimum absolute atomic E-state index is 0.257. The second kappa shape index (κ2) is 8.90. The van der Waals surface area contributed by atoms with Crippen LogP contribution in [0.25, 0.3) is 0 Å². The third-order valence-corrected chi connectivity index (χ3v) is 3.36. The molecule has 6 heteroatoms. The Labute approximate surface area is 140 Å². The van der Waals surface area contributed by atoms with Gasteiger partial charge in [0.15, 0.2) is 0 Å². The zero-order valence-corrected chi connectivity index (χ0v) is 13.6. The van der Waals surface area contributed by atoms with E-state index in [1.165, 1.54) is 0 Å². The van der Waals surface area contributed by atoms with Gasteiger partial charge in [0.05, 0.1) is 18.7 Å². The lowest BCUT2D eigenvalue weighted by Gasteiger charge is -2.10. The van der Waals surface area contributed by atoms with Crippen molar-refractivity contribution in [3.8, 4) is 11.5 Å². The van der Waals surface area contributed by atoms with Crippen molar-refractivity contribution in [1.29, 1.82) is 0 Å². The smallest absolute Gasteiger partial charge is 0.319 e. The van der Waals surface area contributed by atoms with E-state index in [0.717, 1.165) is 5.75 Å². The van der Waals surface area contributed by atoms with Gasteiger partial charge in [0.25, 0.3) is 0 Å². The Morgan fingerprint density at radius 1 is 1.13 bits per heavy atom. The number of ether oxygens (including phenoxy) is 2. The van der Waals surface area contributed by atoms with Crippen molar-refractivity contribution in [2.24, 2.45) is 0 Å². The van der Waals surface area contributed by atoms with Gasteiger partial charge < -0.3 is 20.1 Å². The molecule has 2 aromatic carbocycles. The number of hydrogen-bond donors (Lipinski definition) is 2. The fourth-order valence-electron chi connectivity index (χ4n) is 1.87. The Balaban J connectivity index is 1.64. The monoisotopic (exact) mass is 334 g/mol. The van der Waals surface area contributed by atoms with Gasteiger partial charge in [0.1, 0.15) is 11.5 Å². The molecule has 0 unspecified atom stereocenters. The molecule has 0 saturated heterocycles. The maximum absolute atomic E-state index is 11.7. The summed E-state index contributed by atoms with van der Waals surface area (Å²) in [5.74, 6) is 1.39. The third kappa shape index (κ3) is 5.71. The molecule has 0 aliphatic rings. The highest BCUT2D eigenvalue weighted by atomic mass is 35.5. The Morgan fingerprint density at radius 2 is 1.87 bits per heavy atom. The molecule has 122 valence electrons. The predicted molar refractivity (Wildman–Crippen MR) is 91.6 cm³/mol. The molecular formula is C17H19ClN2O3. The van der Waals surface area contributed by atoms with Crippen molar-refractivity contribution in [1.82, 2.24) is 5.32 Å². The van der Waals surface area contributed by atoms with E-state index in [-0.39, 0.29) is 6.03 Å². The number of benzene rings is 2. The zero-order chi connectivity index (χ0) is 16.5. The SMILES string of the molecule is COc1ccc(NC(=O)NCCCOc2ccccc2Cl)cc1. The first-order valence-corrected chi connectivity index (χ1v) is 7.63. The highest BCUT2D eigenvalue weighted by Crippen LogP contribution is 2.22. The molecule has 0 aliphatic heterocycles. The summed E-state index contributed by atoms with van der Waals surface area (Å²) in [6.45, 7) is 0.985. The molecule has 0 fully saturated rings. The molecule has 23 heavy (non-hydrogen) atoms. The molecule has 0 spiro atoms. The van der Waals surface area contributed by atoms with E-state index in [2.05, 4.69) is 10.6 Å². The van der Waals surface area contributed by atoms with Crippen LogP contribution in [0.15, 0.2) is 48.5 Å². The summed E-state index contributed by atoms with van der Waals surface area (Å²) in [7, 11) is 1.60. The number of methoxy groups -OCH3 is 1. The van der Waals surface area contributed by atoms with Gasteiger partial charge in [-0.2, -0.15) is 0 Å². The van der Waals surface area contributed by atoms with E-state index < -0.39 is 0 Å². The van der Waals surface area contributed by atoms with Crippen LogP contribution in [0.4, 0.5) is 10.5 Å². The highest BCUT2D eigenvalue weighted by Gasteiger charge is 2.02. The number of amides is 2. The predicted octanol–water partition coefficient (Wildman–Crippen LogP) is 3.94. The molecule has 5 nitrogen and oxygen atoms in total. The van der Waals surface area contributed by atoms with Gasteiger partial charge in [-0.25, -0.2) is 4.79 Å². The van der Waals surface area contributed by atoms with E-state index in [1.807, 2.05) is 18.2 Å². The van der Waals surface area contributed by atoms with Crippen molar-refractivity contribution < 1.29 is 14.3 Å². The lowest BCUT2D eigenvalue weighted by atomic mass is 10.3. The summed E-state index contributed by atoms with van der Waals surface area (Å²) in [5.41, 5.74) is 0.704. The lowest BCUT2D eigenvalue weighted by molar-refractivity contribution is 0.250. The molecule has 2 amide bonds. The topological polar surface area (TPSA) is 59.6 Å². The molecule has 2 rings (SSSR count). The molecule has 0 atom stereocenters. The van der Waals surface area contributed by atoms with Crippen LogP contribution in [-0.2, 0) is 0 Å².